The van der Waals surface area contributed by atoms with E-state index in [0.29, 0.717) is 34.6 Å². The first-order chi connectivity index (χ1) is 18.5. The number of alkyl halides is 3. The Morgan fingerprint density at radius 3 is 2.46 bits per heavy atom. The van der Waals surface area contributed by atoms with Crippen molar-refractivity contribution in [2.45, 2.75) is 58.8 Å². The molecule has 3 atom stereocenters. The average Bonchev–Trinajstić information content (AvgIpc) is 3.24. The number of carboxylic acids is 1. The lowest BCUT2D eigenvalue weighted by Crippen LogP contribution is -2.33. The van der Waals surface area contributed by atoms with Gasteiger partial charge in [-0.05, 0) is 61.8 Å². The molecule has 10 heteroatoms. The standard InChI is InChI=1S/C29H30F3N5O2/c1-16-5-4-6-20(14-16)27-36-25-23(37(27)15-19-8-10-21(11-9-19)29(30,31)32)24(34-26(35-25)28(38)39)33-22-12-7-17(2)13-18(22)3/h4-6,8-11,14,17-18,22H,7,12-13,15H2,1-3H3,(H,38,39)(H,33,34,35). The van der Waals surface area contributed by atoms with E-state index >= 15 is 0 Å². The number of hydrogen-bond donors (Lipinski definition) is 2. The number of aryl methyl sites for hydroxylation is 1. The molecule has 0 amide bonds. The van der Waals surface area contributed by atoms with E-state index in [2.05, 4.69) is 29.1 Å². The third kappa shape index (κ3) is 5.60. The van der Waals surface area contributed by atoms with Crippen LogP contribution < -0.4 is 5.32 Å². The fourth-order valence-corrected chi connectivity index (χ4v) is 5.43. The summed E-state index contributed by atoms with van der Waals surface area (Å²) in [5.41, 5.74) is 2.42. The van der Waals surface area contributed by atoms with E-state index in [1.165, 1.54) is 12.1 Å². The number of fused-ring (bicyclic) bond motifs is 1. The molecule has 3 unspecified atom stereocenters. The predicted octanol–water partition coefficient (Wildman–Crippen LogP) is 6.80. The summed E-state index contributed by atoms with van der Waals surface area (Å²) in [6.07, 6.45) is -1.44. The number of carboxylic acid groups (broad SMARTS) is 1. The molecule has 2 aromatic carbocycles. The van der Waals surface area contributed by atoms with E-state index < -0.39 is 17.7 Å². The number of aromatic nitrogens is 4. The lowest BCUT2D eigenvalue weighted by atomic mass is 9.80. The first kappa shape index (κ1) is 26.6. The fourth-order valence-electron chi connectivity index (χ4n) is 5.43. The predicted molar refractivity (Wildman–Crippen MR) is 143 cm³/mol. The molecule has 5 rings (SSSR count). The molecule has 1 aliphatic rings. The third-order valence-corrected chi connectivity index (χ3v) is 7.45. The second kappa shape index (κ2) is 10.3. The average molecular weight is 538 g/mol. The Morgan fingerprint density at radius 1 is 1.08 bits per heavy atom. The second-order valence-corrected chi connectivity index (χ2v) is 10.6. The Morgan fingerprint density at radius 2 is 1.82 bits per heavy atom. The molecule has 7 nitrogen and oxygen atoms in total. The second-order valence-electron chi connectivity index (χ2n) is 10.6. The van der Waals surface area contributed by atoms with Crippen molar-refractivity contribution in [1.82, 2.24) is 19.5 Å². The maximum Gasteiger partial charge on any atom is 0.416 e. The summed E-state index contributed by atoms with van der Waals surface area (Å²) < 4.78 is 41.4. The van der Waals surface area contributed by atoms with Gasteiger partial charge in [-0.3, -0.25) is 0 Å². The summed E-state index contributed by atoms with van der Waals surface area (Å²) in [5, 5.41) is 13.2. The summed E-state index contributed by atoms with van der Waals surface area (Å²) in [4.78, 5) is 25.3. The van der Waals surface area contributed by atoms with Crippen LogP contribution >= 0.6 is 0 Å². The van der Waals surface area contributed by atoms with E-state index in [0.717, 1.165) is 42.5 Å². The van der Waals surface area contributed by atoms with Crippen LogP contribution in [0.3, 0.4) is 0 Å². The lowest BCUT2D eigenvalue weighted by molar-refractivity contribution is -0.137. The minimum atomic E-state index is -4.43. The highest BCUT2D eigenvalue weighted by atomic mass is 19.4. The largest absolute Gasteiger partial charge is 0.475 e. The molecule has 0 spiro atoms. The van der Waals surface area contributed by atoms with Gasteiger partial charge in [-0.25, -0.2) is 19.7 Å². The van der Waals surface area contributed by atoms with Crippen molar-refractivity contribution in [1.29, 1.82) is 0 Å². The molecule has 1 aliphatic carbocycles. The van der Waals surface area contributed by atoms with Gasteiger partial charge in [0, 0.05) is 18.2 Å². The van der Waals surface area contributed by atoms with Crippen LogP contribution in [0.4, 0.5) is 19.0 Å². The van der Waals surface area contributed by atoms with Crippen LogP contribution in [0.15, 0.2) is 48.5 Å². The van der Waals surface area contributed by atoms with Gasteiger partial charge in [-0.2, -0.15) is 13.2 Å². The van der Waals surface area contributed by atoms with Crippen LogP contribution in [-0.4, -0.2) is 36.6 Å². The first-order valence-electron chi connectivity index (χ1n) is 13.0. The molecule has 39 heavy (non-hydrogen) atoms. The van der Waals surface area contributed by atoms with Crippen molar-refractivity contribution in [2.75, 3.05) is 5.32 Å². The normalized spacial score (nSPS) is 19.8. The number of carbonyl (C=O) groups is 1. The number of halogens is 3. The van der Waals surface area contributed by atoms with Crippen LogP contribution in [-0.2, 0) is 12.7 Å². The Hall–Kier alpha value is -3.95. The van der Waals surface area contributed by atoms with Crippen LogP contribution in [0.1, 0.15) is 60.4 Å². The van der Waals surface area contributed by atoms with Gasteiger partial charge in [0.15, 0.2) is 11.5 Å². The minimum absolute atomic E-state index is 0.0813. The van der Waals surface area contributed by atoms with Gasteiger partial charge in [-0.1, -0.05) is 49.7 Å². The Balaban J connectivity index is 1.67. The zero-order valence-corrected chi connectivity index (χ0v) is 22.0. The number of nitrogens with one attached hydrogen (secondary N) is 1. The van der Waals surface area contributed by atoms with Crippen molar-refractivity contribution >= 4 is 23.0 Å². The monoisotopic (exact) mass is 537 g/mol. The third-order valence-electron chi connectivity index (χ3n) is 7.45. The molecule has 0 aliphatic heterocycles. The molecular formula is C29H30F3N5O2. The molecule has 1 fully saturated rings. The fraction of sp³-hybridized carbons (Fsp3) is 0.379. The lowest BCUT2D eigenvalue weighted by Gasteiger charge is -2.33. The Labute approximate surface area is 224 Å². The summed E-state index contributed by atoms with van der Waals surface area (Å²) in [6.45, 7) is 6.54. The maximum absolute atomic E-state index is 13.2. The molecule has 0 saturated heterocycles. The Bertz CT molecular complexity index is 1510. The summed E-state index contributed by atoms with van der Waals surface area (Å²) >= 11 is 0. The highest BCUT2D eigenvalue weighted by Crippen LogP contribution is 2.35. The van der Waals surface area contributed by atoms with Crippen molar-refractivity contribution in [2.24, 2.45) is 11.8 Å². The maximum atomic E-state index is 13.2. The highest BCUT2D eigenvalue weighted by Gasteiger charge is 2.31. The molecule has 2 N–H and O–H groups in total. The SMILES string of the molecule is Cc1cccc(-c2nc3nc(C(=O)O)nc(NC4CCC(C)CC4C)c3n2Cc2ccc(C(F)(F)F)cc2)c1. The van der Waals surface area contributed by atoms with E-state index in [-0.39, 0.29) is 24.1 Å². The number of hydrogen-bond acceptors (Lipinski definition) is 5. The zero-order chi connectivity index (χ0) is 27.9. The van der Waals surface area contributed by atoms with E-state index in [1.54, 1.807) is 0 Å². The summed E-state index contributed by atoms with van der Waals surface area (Å²) in [5.74, 6) is 0.211. The van der Waals surface area contributed by atoms with Crippen molar-refractivity contribution in [3.8, 4) is 11.4 Å². The molecule has 0 radical (unpaired) electrons. The number of benzene rings is 2. The van der Waals surface area contributed by atoms with Crippen molar-refractivity contribution in [3.05, 3.63) is 71.0 Å². The highest BCUT2D eigenvalue weighted by molar-refractivity contribution is 5.92. The zero-order valence-electron chi connectivity index (χ0n) is 22.0. The summed E-state index contributed by atoms with van der Waals surface area (Å²) in [7, 11) is 0. The van der Waals surface area contributed by atoms with Gasteiger partial charge in [0.1, 0.15) is 11.3 Å². The number of aromatic carboxylic acids is 1. The van der Waals surface area contributed by atoms with E-state index in [9.17, 15) is 23.1 Å². The molecule has 2 aromatic heterocycles. The topological polar surface area (TPSA) is 92.9 Å². The Kier molecular flexibility index (Phi) is 7.05. The quantitative estimate of drug-likeness (QED) is 0.281. The van der Waals surface area contributed by atoms with Crippen LogP contribution in [0.2, 0.25) is 0 Å². The molecular weight excluding hydrogens is 507 g/mol. The number of anilines is 1. The van der Waals surface area contributed by atoms with Crippen molar-refractivity contribution in [3.63, 3.8) is 0 Å². The van der Waals surface area contributed by atoms with E-state index in [1.807, 2.05) is 35.8 Å². The molecule has 204 valence electrons. The van der Waals surface area contributed by atoms with Gasteiger partial charge < -0.3 is 15.0 Å². The van der Waals surface area contributed by atoms with E-state index in [4.69, 9.17) is 4.98 Å². The van der Waals surface area contributed by atoms with Gasteiger partial charge >= 0.3 is 12.1 Å². The smallest absolute Gasteiger partial charge is 0.416 e. The van der Waals surface area contributed by atoms with Gasteiger partial charge in [0.25, 0.3) is 0 Å². The molecule has 4 aromatic rings. The first-order valence-corrected chi connectivity index (χ1v) is 13.0. The number of imidazole rings is 1. The van der Waals surface area contributed by atoms with Crippen LogP contribution in [0.5, 0.6) is 0 Å². The molecule has 2 heterocycles. The molecule has 0 bridgehead atoms. The van der Waals surface area contributed by atoms with Crippen LogP contribution in [0, 0.1) is 18.8 Å². The number of rotatable bonds is 6. The number of nitrogens with zero attached hydrogens (tertiary/aromatic N) is 4. The van der Waals surface area contributed by atoms with Gasteiger partial charge in [0.2, 0.25) is 5.82 Å². The van der Waals surface area contributed by atoms with Gasteiger partial charge in [0.05, 0.1) is 5.56 Å². The van der Waals surface area contributed by atoms with Crippen molar-refractivity contribution < 1.29 is 23.1 Å². The van der Waals surface area contributed by atoms with Gasteiger partial charge in [-0.15, -0.1) is 0 Å². The summed E-state index contributed by atoms with van der Waals surface area (Å²) in [6, 6.07) is 12.8. The van der Waals surface area contributed by atoms with Crippen LogP contribution in [0.25, 0.3) is 22.6 Å². The molecule has 1 saturated carbocycles. The minimum Gasteiger partial charge on any atom is -0.475 e.